The van der Waals surface area contributed by atoms with Crippen LogP contribution in [0, 0.1) is 11.3 Å². The van der Waals surface area contributed by atoms with E-state index in [-0.39, 0.29) is 11.8 Å². The van der Waals surface area contributed by atoms with Gasteiger partial charge in [-0.25, -0.2) is 0 Å². The van der Waals surface area contributed by atoms with Crippen molar-refractivity contribution >= 4 is 11.8 Å². The van der Waals surface area contributed by atoms with Crippen molar-refractivity contribution in [3.63, 3.8) is 0 Å². The molecule has 5 heteroatoms. The van der Waals surface area contributed by atoms with Gasteiger partial charge in [0.15, 0.2) is 0 Å². The van der Waals surface area contributed by atoms with E-state index in [2.05, 4.69) is 10.6 Å². The smallest absolute Gasteiger partial charge is 0.224 e. The molecule has 0 unspecified atom stereocenters. The number of hydrogen-bond acceptors (Lipinski definition) is 3. The highest BCUT2D eigenvalue weighted by Gasteiger charge is 2.37. The first-order chi connectivity index (χ1) is 10.0. The van der Waals surface area contributed by atoms with Crippen molar-refractivity contribution in [3.05, 3.63) is 0 Å². The van der Waals surface area contributed by atoms with Gasteiger partial charge in [-0.15, -0.1) is 0 Å². The molecule has 2 saturated heterocycles. The minimum Gasteiger partial charge on any atom is -0.356 e. The largest absolute Gasteiger partial charge is 0.356 e. The summed E-state index contributed by atoms with van der Waals surface area (Å²) < 4.78 is 0. The highest BCUT2D eigenvalue weighted by molar-refractivity contribution is 5.79. The number of nitrogens with one attached hydrogen (secondary N) is 2. The van der Waals surface area contributed by atoms with Gasteiger partial charge in [-0.1, -0.05) is 13.8 Å². The molecule has 21 heavy (non-hydrogen) atoms. The van der Waals surface area contributed by atoms with E-state index in [1.54, 1.807) is 0 Å². The predicted octanol–water partition coefficient (Wildman–Crippen LogP) is 1.14. The van der Waals surface area contributed by atoms with E-state index in [1.807, 2.05) is 18.7 Å². The minimum atomic E-state index is 0.0485. The van der Waals surface area contributed by atoms with Gasteiger partial charge in [0.1, 0.15) is 0 Å². The molecule has 0 aromatic rings. The maximum Gasteiger partial charge on any atom is 0.224 e. The maximum atomic E-state index is 12.2. The minimum absolute atomic E-state index is 0.0485. The van der Waals surface area contributed by atoms with Crippen LogP contribution in [-0.2, 0) is 9.59 Å². The normalized spacial score (nSPS) is 21.0. The lowest BCUT2D eigenvalue weighted by Crippen LogP contribution is -2.44. The third-order valence-corrected chi connectivity index (χ3v) is 4.76. The second-order valence-corrected chi connectivity index (χ2v) is 7.01. The third-order valence-electron chi connectivity index (χ3n) is 4.76. The van der Waals surface area contributed by atoms with Crippen LogP contribution in [0.3, 0.4) is 0 Å². The summed E-state index contributed by atoms with van der Waals surface area (Å²) in [4.78, 5) is 25.7. The number of amides is 2. The summed E-state index contributed by atoms with van der Waals surface area (Å²) >= 11 is 0. The van der Waals surface area contributed by atoms with E-state index in [4.69, 9.17) is 0 Å². The summed E-state index contributed by atoms with van der Waals surface area (Å²) in [6.07, 6.45) is 4.44. The lowest BCUT2D eigenvalue weighted by Gasteiger charge is -2.39. The molecule has 2 fully saturated rings. The fourth-order valence-electron chi connectivity index (χ4n) is 3.36. The second kappa shape index (κ2) is 7.25. The number of piperidine rings is 1. The molecule has 2 N–H and O–H groups in total. The SMILES string of the molecule is CC(C)CC(=O)NCCC(=O)N1CCC2(CCNC2)CC1. The molecule has 0 aromatic heterocycles. The van der Waals surface area contributed by atoms with E-state index < -0.39 is 0 Å². The molecular formula is C16H29N3O2. The predicted molar refractivity (Wildman–Crippen MR) is 82.8 cm³/mol. The van der Waals surface area contributed by atoms with Crippen LogP contribution in [0.2, 0.25) is 0 Å². The fourth-order valence-corrected chi connectivity index (χ4v) is 3.36. The Bertz CT molecular complexity index is 366. The Balaban J connectivity index is 1.64. The van der Waals surface area contributed by atoms with Crippen LogP contribution in [0.1, 0.15) is 46.0 Å². The van der Waals surface area contributed by atoms with Crippen LogP contribution in [0.4, 0.5) is 0 Å². The maximum absolute atomic E-state index is 12.2. The van der Waals surface area contributed by atoms with Gasteiger partial charge in [-0.3, -0.25) is 9.59 Å². The molecule has 0 atom stereocenters. The van der Waals surface area contributed by atoms with E-state index in [1.165, 1.54) is 6.42 Å². The summed E-state index contributed by atoms with van der Waals surface area (Å²) in [7, 11) is 0. The van der Waals surface area contributed by atoms with Crippen LogP contribution >= 0.6 is 0 Å². The Hall–Kier alpha value is -1.10. The molecule has 0 radical (unpaired) electrons. The molecule has 0 aliphatic carbocycles. The summed E-state index contributed by atoms with van der Waals surface area (Å²) in [5.74, 6) is 0.590. The average Bonchev–Trinajstić information content (AvgIpc) is 2.87. The molecule has 0 bridgehead atoms. The van der Waals surface area contributed by atoms with Crippen molar-refractivity contribution in [2.45, 2.75) is 46.0 Å². The molecule has 2 heterocycles. The number of likely N-dealkylation sites (tertiary alicyclic amines) is 1. The fraction of sp³-hybridized carbons (Fsp3) is 0.875. The van der Waals surface area contributed by atoms with E-state index >= 15 is 0 Å². The Morgan fingerprint density at radius 3 is 2.52 bits per heavy atom. The molecule has 0 saturated carbocycles. The molecule has 2 aliphatic rings. The summed E-state index contributed by atoms with van der Waals surface area (Å²) in [5, 5.41) is 6.27. The zero-order valence-corrected chi connectivity index (χ0v) is 13.4. The molecule has 1 spiro atoms. The number of hydrogen-bond donors (Lipinski definition) is 2. The van der Waals surface area contributed by atoms with Gasteiger partial charge in [-0.2, -0.15) is 0 Å². The highest BCUT2D eigenvalue weighted by atomic mass is 16.2. The van der Waals surface area contributed by atoms with Crippen molar-refractivity contribution < 1.29 is 9.59 Å². The molecule has 2 aliphatic heterocycles. The zero-order chi connectivity index (χ0) is 15.3. The van der Waals surface area contributed by atoms with E-state index in [0.29, 0.717) is 30.7 Å². The Kier molecular flexibility index (Phi) is 5.62. The zero-order valence-electron chi connectivity index (χ0n) is 13.4. The van der Waals surface area contributed by atoms with Crippen LogP contribution < -0.4 is 10.6 Å². The van der Waals surface area contributed by atoms with Gasteiger partial charge in [0.25, 0.3) is 0 Å². The van der Waals surface area contributed by atoms with Crippen LogP contribution in [0.5, 0.6) is 0 Å². The lowest BCUT2D eigenvalue weighted by atomic mass is 9.78. The third kappa shape index (κ3) is 4.70. The van der Waals surface area contributed by atoms with Crippen LogP contribution in [0.15, 0.2) is 0 Å². The van der Waals surface area contributed by atoms with Crippen molar-refractivity contribution in [2.75, 3.05) is 32.7 Å². The van der Waals surface area contributed by atoms with Gasteiger partial charge < -0.3 is 15.5 Å². The first-order valence-electron chi connectivity index (χ1n) is 8.26. The van der Waals surface area contributed by atoms with E-state index in [9.17, 15) is 9.59 Å². The highest BCUT2D eigenvalue weighted by Crippen LogP contribution is 2.36. The van der Waals surface area contributed by atoms with Crippen LogP contribution in [-0.4, -0.2) is 49.4 Å². The van der Waals surface area contributed by atoms with Gasteiger partial charge in [0.2, 0.25) is 11.8 Å². The van der Waals surface area contributed by atoms with Gasteiger partial charge in [-0.05, 0) is 37.1 Å². The summed E-state index contributed by atoms with van der Waals surface area (Å²) in [5.41, 5.74) is 0.447. The van der Waals surface area contributed by atoms with Gasteiger partial charge in [0, 0.05) is 39.0 Å². The molecule has 2 amide bonds. The number of carbonyl (C=O) groups is 2. The Labute approximate surface area is 127 Å². The molecule has 0 aromatic carbocycles. The number of nitrogens with zero attached hydrogens (tertiary/aromatic N) is 1. The number of rotatable bonds is 5. The molecular weight excluding hydrogens is 266 g/mol. The molecule has 2 rings (SSSR count). The number of carbonyl (C=O) groups excluding carboxylic acids is 2. The average molecular weight is 295 g/mol. The van der Waals surface area contributed by atoms with Crippen molar-refractivity contribution in [2.24, 2.45) is 11.3 Å². The quantitative estimate of drug-likeness (QED) is 0.799. The van der Waals surface area contributed by atoms with Gasteiger partial charge >= 0.3 is 0 Å². The van der Waals surface area contributed by atoms with Crippen molar-refractivity contribution in [1.29, 1.82) is 0 Å². The van der Waals surface area contributed by atoms with Crippen molar-refractivity contribution in [3.8, 4) is 0 Å². The lowest BCUT2D eigenvalue weighted by molar-refractivity contribution is -0.133. The van der Waals surface area contributed by atoms with E-state index in [0.717, 1.165) is 39.0 Å². The molecule has 5 nitrogen and oxygen atoms in total. The second-order valence-electron chi connectivity index (χ2n) is 7.01. The first kappa shape index (κ1) is 16.3. The Morgan fingerprint density at radius 2 is 1.95 bits per heavy atom. The first-order valence-corrected chi connectivity index (χ1v) is 8.26. The van der Waals surface area contributed by atoms with Gasteiger partial charge in [0.05, 0.1) is 0 Å². The van der Waals surface area contributed by atoms with Crippen LogP contribution in [0.25, 0.3) is 0 Å². The molecule has 120 valence electrons. The standard InChI is InChI=1S/C16H29N3O2/c1-13(2)11-14(20)18-7-3-15(21)19-9-5-16(6-10-19)4-8-17-12-16/h13,17H,3-12H2,1-2H3,(H,18,20). The summed E-state index contributed by atoms with van der Waals surface area (Å²) in [6.45, 7) is 8.49. The van der Waals surface area contributed by atoms with Crippen molar-refractivity contribution in [1.82, 2.24) is 15.5 Å². The topological polar surface area (TPSA) is 61.4 Å². The monoisotopic (exact) mass is 295 g/mol. The summed E-state index contributed by atoms with van der Waals surface area (Å²) in [6, 6.07) is 0. The Morgan fingerprint density at radius 1 is 1.24 bits per heavy atom.